The Morgan fingerprint density at radius 3 is 2.48 bits per heavy atom. The van der Waals surface area contributed by atoms with E-state index in [-0.39, 0.29) is 57.3 Å². The molecule has 0 unspecified atom stereocenters. The summed E-state index contributed by atoms with van der Waals surface area (Å²) < 4.78 is 5.21. The first kappa shape index (κ1) is 19.2. The molecule has 0 aliphatic heterocycles. The number of methoxy groups -OCH3 is 1. The molecule has 4 rings (SSSR count). The molecule has 0 amide bonds. The first-order valence-corrected chi connectivity index (χ1v) is 9.78. The lowest BCUT2D eigenvalue weighted by Gasteiger charge is -2.29. The van der Waals surface area contributed by atoms with E-state index in [1.165, 1.54) is 13.2 Å². The van der Waals surface area contributed by atoms with Gasteiger partial charge >= 0.3 is 0 Å². The second-order valence-electron chi connectivity index (χ2n) is 6.92. The normalized spacial score (nSPS) is 17.2. The predicted molar refractivity (Wildman–Crippen MR) is 104 cm³/mol. The Morgan fingerprint density at radius 2 is 1.79 bits per heavy atom. The van der Waals surface area contributed by atoms with Gasteiger partial charge in [0.05, 0.1) is 23.8 Å². The van der Waals surface area contributed by atoms with Crippen LogP contribution in [-0.2, 0) is 22.4 Å². The number of hydrogen-bond donors (Lipinski definition) is 2. The number of carbonyl (C=O) groups is 4. The summed E-state index contributed by atoms with van der Waals surface area (Å²) in [5, 5.41) is 21.4. The van der Waals surface area contributed by atoms with Crippen molar-refractivity contribution in [2.75, 3.05) is 7.11 Å². The standard InChI is InChI=1S/C21H16O7S/c1-28-13-4-2-3-11-14(13)20(26)16-15(18(11)24)19(25)12-7-9(21(27)29-8-22)5-6-10(12)17(16)23/h2-4,8-9,23,25H,5-7H2,1H3/t9-/m0/s1. The minimum absolute atomic E-state index is 0.0494. The van der Waals surface area contributed by atoms with E-state index in [0.29, 0.717) is 29.4 Å². The van der Waals surface area contributed by atoms with Crippen molar-refractivity contribution in [3.63, 3.8) is 0 Å². The zero-order chi connectivity index (χ0) is 20.9. The largest absolute Gasteiger partial charge is 0.507 e. The van der Waals surface area contributed by atoms with Crippen LogP contribution in [0.2, 0.25) is 0 Å². The maximum Gasteiger partial charge on any atom is 0.202 e. The first-order chi connectivity index (χ1) is 13.9. The van der Waals surface area contributed by atoms with E-state index in [2.05, 4.69) is 0 Å². The van der Waals surface area contributed by atoms with E-state index in [1.807, 2.05) is 0 Å². The van der Waals surface area contributed by atoms with Crippen LogP contribution in [0.4, 0.5) is 0 Å². The number of ketones is 2. The van der Waals surface area contributed by atoms with Crippen molar-refractivity contribution in [3.8, 4) is 17.2 Å². The summed E-state index contributed by atoms with van der Waals surface area (Å²) in [6, 6.07) is 4.57. The fourth-order valence-electron chi connectivity index (χ4n) is 4.15. The average Bonchev–Trinajstić information content (AvgIpc) is 2.73. The van der Waals surface area contributed by atoms with Gasteiger partial charge in [-0.15, -0.1) is 0 Å². The van der Waals surface area contributed by atoms with Gasteiger partial charge in [0.2, 0.25) is 5.78 Å². The summed E-state index contributed by atoms with van der Waals surface area (Å²) in [6.07, 6.45) is 0.673. The van der Waals surface area contributed by atoms with Crippen LogP contribution in [0.5, 0.6) is 17.2 Å². The van der Waals surface area contributed by atoms with Gasteiger partial charge in [0, 0.05) is 22.6 Å². The van der Waals surface area contributed by atoms with E-state index in [0.717, 1.165) is 0 Å². The molecule has 0 saturated heterocycles. The van der Waals surface area contributed by atoms with Gasteiger partial charge in [0.25, 0.3) is 0 Å². The zero-order valence-electron chi connectivity index (χ0n) is 15.4. The molecule has 2 aliphatic carbocycles. The molecule has 0 spiro atoms. The predicted octanol–water partition coefficient (Wildman–Crippen LogP) is 2.44. The maximum atomic E-state index is 13.2. The van der Waals surface area contributed by atoms with E-state index in [9.17, 15) is 29.4 Å². The SMILES string of the molecule is COc1cccc2c1C(=O)c1c(O)c3c(c(O)c1C2=O)C[C@@H](C(=O)SC=O)CC3. The Hall–Kier alpha value is -3.13. The molecule has 1 atom stereocenters. The number of phenols is 2. The van der Waals surface area contributed by atoms with Gasteiger partial charge in [-0.3, -0.25) is 19.2 Å². The second-order valence-corrected chi connectivity index (χ2v) is 7.75. The third-order valence-corrected chi connectivity index (χ3v) is 6.18. The minimum atomic E-state index is -0.600. The molecule has 0 aromatic heterocycles. The molecule has 2 aromatic rings. The van der Waals surface area contributed by atoms with Gasteiger partial charge in [-0.05, 0) is 37.1 Å². The van der Waals surface area contributed by atoms with Gasteiger partial charge in [0.1, 0.15) is 17.2 Å². The van der Waals surface area contributed by atoms with Gasteiger partial charge < -0.3 is 14.9 Å². The molecule has 2 aliphatic rings. The first-order valence-electron chi connectivity index (χ1n) is 8.90. The summed E-state index contributed by atoms with van der Waals surface area (Å²) in [7, 11) is 1.38. The molecule has 8 heteroatoms. The number of thioether (sulfide) groups is 1. The molecular weight excluding hydrogens is 396 g/mol. The fourth-order valence-corrected chi connectivity index (χ4v) is 4.64. The molecule has 2 aromatic carbocycles. The Labute approximate surface area is 169 Å². The van der Waals surface area contributed by atoms with Crippen LogP contribution >= 0.6 is 11.8 Å². The fraction of sp³-hybridized carbons (Fsp3) is 0.238. The number of phenolic OH excluding ortho intramolecular Hbond substituents is 2. The Bertz CT molecular complexity index is 1100. The Balaban J connectivity index is 1.91. The molecule has 29 heavy (non-hydrogen) atoms. The number of aromatic hydroxyl groups is 2. The third-order valence-electron chi connectivity index (χ3n) is 5.52. The number of hydrogen-bond acceptors (Lipinski definition) is 8. The van der Waals surface area contributed by atoms with Crippen LogP contribution in [0, 0.1) is 5.92 Å². The maximum absolute atomic E-state index is 13.2. The molecule has 0 saturated carbocycles. The van der Waals surface area contributed by atoms with Gasteiger partial charge in [-0.25, -0.2) is 0 Å². The van der Waals surface area contributed by atoms with Crippen LogP contribution in [0.25, 0.3) is 0 Å². The molecular formula is C21H16O7S. The van der Waals surface area contributed by atoms with Gasteiger partial charge in [-0.2, -0.15) is 0 Å². The van der Waals surface area contributed by atoms with E-state index < -0.39 is 23.2 Å². The monoisotopic (exact) mass is 412 g/mol. The van der Waals surface area contributed by atoms with Crippen LogP contribution in [0.15, 0.2) is 18.2 Å². The van der Waals surface area contributed by atoms with Crippen LogP contribution in [-0.4, -0.2) is 39.6 Å². The van der Waals surface area contributed by atoms with Crippen molar-refractivity contribution in [1.82, 2.24) is 0 Å². The van der Waals surface area contributed by atoms with Gasteiger partial charge in [0.15, 0.2) is 16.5 Å². The van der Waals surface area contributed by atoms with E-state index in [1.54, 1.807) is 12.1 Å². The lowest BCUT2D eigenvalue weighted by atomic mass is 9.75. The third kappa shape index (κ3) is 2.74. The number of ether oxygens (including phenoxy) is 1. The van der Waals surface area contributed by atoms with Crippen LogP contribution < -0.4 is 4.74 Å². The second kappa shape index (κ2) is 7.04. The number of carbonyl (C=O) groups excluding carboxylic acids is 4. The van der Waals surface area contributed by atoms with Crippen molar-refractivity contribution in [2.24, 2.45) is 5.92 Å². The van der Waals surface area contributed by atoms with Crippen molar-refractivity contribution in [1.29, 1.82) is 0 Å². The van der Waals surface area contributed by atoms with Crippen LogP contribution in [0.1, 0.15) is 49.4 Å². The highest BCUT2D eigenvalue weighted by atomic mass is 32.2. The Kier molecular flexibility index (Phi) is 4.66. The molecule has 0 fully saturated rings. The van der Waals surface area contributed by atoms with Gasteiger partial charge in [-0.1, -0.05) is 12.1 Å². The molecule has 148 valence electrons. The summed E-state index contributed by atoms with van der Waals surface area (Å²) in [5.74, 6) is -2.26. The number of rotatable bonds is 3. The lowest BCUT2D eigenvalue weighted by Crippen LogP contribution is -2.26. The smallest absolute Gasteiger partial charge is 0.202 e. The lowest BCUT2D eigenvalue weighted by molar-refractivity contribution is -0.114. The molecule has 0 heterocycles. The molecule has 2 N–H and O–H groups in total. The molecule has 0 radical (unpaired) electrons. The van der Waals surface area contributed by atoms with E-state index in [4.69, 9.17) is 4.74 Å². The highest BCUT2D eigenvalue weighted by Crippen LogP contribution is 2.47. The molecule has 0 bridgehead atoms. The Morgan fingerprint density at radius 1 is 1.10 bits per heavy atom. The van der Waals surface area contributed by atoms with Crippen LogP contribution in [0.3, 0.4) is 0 Å². The quantitative estimate of drug-likeness (QED) is 0.497. The zero-order valence-corrected chi connectivity index (χ0v) is 16.2. The minimum Gasteiger partial charge on any atom is -0.507 e. The average molecular weight is 412 g/mol. The van der Waals surface area contributed by atoms with Crippen molar-refractivity contribution < 1.29 is 34.1 Å². The highest BCUT2D eigenvalue weighted by Gasteiger charge is 2.41. The van der Waals surface area contributed by atoms with E-state index >= 15 is 0 Å². The summed E-state index contributed by atoms with van der Waals surface area (Å²) in [5.41, 5.74) is 0.697. The number of fused-ring (bicyclic) bond motifs is 3. The summed E-state index contributed by atoms with van der Waals surface area (Å²) >= 11 is 0.548. The summed E-state index contributed by atoms with van der Waals surface area (Å²) in [4.78, 5) is 49.0. The highest BCUT2D eigenvalue weighted by molar-refractivity contribution is 8.24. The summed E-state index contributed by atoms with van der Waals surface area (Å²) in [6.45, 7) is 0. The molecule has 7 nitrogen and oxygen atoms in total. The van der Waals surface area contributed by atoms with Crippen molar-refractivity contribution >= 4 is 34.1 Å². The number of benzene rings is 2. The topological polar surface area (TPSA) is 118 Å². The van der Waals surface area contributed by atoms with Crippen molar-refractivity contribution in [3.05, 3.63) is 51.6 Å². The van der Waals surface area contributed by atoms with Crippen molar-refractivity contribution in [2.45, 2.75) is 19.3 Å².